The van der Waals surface area contributed by atoms with Gasteiger partial charge in [-0.1, -0.05) is 17.7 Å². The predicted molar refractivity (Wildman–Crippen MR) is 79.2 cm³/mol. The van der Waals surface area contributed by atoms with E-state index < -0.39 is 0 Å². The van der Waals surface area contributed by atoms with E-state index >= 15 is 0 Å². The lowest BCUT2D eigenvalue weighted by atomic mass is 10.2. The molecule has 1 N–H and O–H groups in total. The van der Waals surface area contributed by atoms with E-state index in [2.05, 4.69) is 14.7 Å². The van der Waals surface area contributed by atoms with Crippen molar-refractivity contribution in [1.29, 1.82) is 0 Å². The van der Waals surface area contributed by atoms with Crippen molar-refractivity contribution in [3.63, 3.8) is 0 Å². The van der Waals surface area contributed by atoms with E-state index in [1.807, 2.05) is 31.2 Å². The first-order valence-electron chi connectivity index (χ1n) is 6.43. The Kier molecular flexibility index (Phi) is 5.06. The average molecular weight is 291 g/mol. The van der Waals surface area contributed by atoms with Gasteiger partial charge in [0.25, 0.3) is 0 Å². The van der Waals surface area contributed by atoms with Crippen LogP contribution in [-0.2, 0) is 4.79 Å². The van der Waals surface area contributed by atoms with Gasteiger partial charge in [0.2, 0.25) is 11.0 Å². The van der Waals surface area contributed by atoms with Crippen molar-refractivity contribution in [2.45, 2.75) is 26.7 Å². The minimum absolute atomic E-state index is 0.0614. The lowest BCUT2D eigenvalue weighted by Gasteiger charge is -2.06. The van der Waals surface area contributed by atoms with Crippen LogP contribution in [0.15, 0.2) is 24.3 Å². The van der Waals surface area contributed by atoms with Crippen molar-refractivity contribution < 1.29 is 9.53 Å². The van der Waals surface area contributed by atoms with Gasteiger partial charge in [-0.2, -0.15) is 4.37 Å². The van der Waals surface area contributed by atoms with Crippen LogP contribution < -0.4 is 10.1 Å². The lowest BCUT2D eigenvalue weighted by molar-refractivity contribution is -0.116. The van der Waals surface area contributed by atoms with Crippen LogP contribution in [0.25, 0.3) is 0 Å². The Labute approximate surface area is 122 Å². The van der Waals surface area contributed by atoms with E-state index in [9.17, 15) is 4.79 Å². The molecule has 0 saturated carbocycles. The molecule has 0 bridgehead atoms. The number of hydrogen-bond donors (Lipinski definition) is 1. The number of aromatic nitrogens is 2. The molecule has 0 atom stereocenters. The van der Waals surface area contributed by atoms with Crippen LogP contribution >= 0.6 is 11.5 Å². The fraction of sp³-hybridized carbons (Fsp3) is 0.357. The van der Waals surface area contributed by atoms with Crippen LogP contribution in [0.4, 0.5) is 5.13 Å². The van der Waals surface area contributed by atoms with E-state index in [-0.39, 0.29) is 5.91 Å². The van der Waals surface area contributed by atoms with Crippen molar-refractivity contribution in [2.24, 2.45) is 0 Å². The van der Waals surface area contributed by atoms with E-state index in [0.29, 0.717) is 30.4 Å². The van der Waals surface area contributed by atoms with Gasteiger partial charge in [-0.15, -0.1) is 0 Å². The van der Waals surface area contributed by atoms with Gasteiger partial charge in [0, 0.05) is 18.0 Å². The van der Waals surface area contributed by atoms with Gasteiger partial charge >= 0.3 is 0 Å². The fourth-order valence-corrected chi connectivity index (χ4v) is 2.18. The summed E-state index contributed by atoms with van der Waals surface area (Å²) in [4.78, 5) is 15.7. The smallest absolute Gasteiger partial charge is 0.226 e. The molecule has 2 aromatic rings. The third-order valence-corrected chi connectivity index (χ3v) is 3.33. The number of anilines is 1. The summed E-state index contributed by atoms with van der Waals surface area (Å²) in [7, 11) is 0. The van der Waals surface area contributed by atoms with Gasteiger partial charge in [-0.3, -0.25) is 4.79 Å². The molecule has 1 aromatic carbocycles. The Balaban J connectivity index is 1.65. The van der Waals surface area contributed by atoms with Crippen molar-refractivity contribution >= 4 is 22.6 Å². The summed E-state index contributed by atoms with van der Waals surface area (Å²) >= 11 is 1.19. The second-order valence-electron chi connectivity index (χ2n) is 4.46. The molecule has 0 fully saturated rings. The van der Waals surface area contributed by atoms with E-state index in [1.54, 1.807) is 6.92 Å². The first-order chi connectivity index (χ1) is 9.63. The Morgan fingerprint density at radius 2 is 2.05 bits per heavy atom. The Morgan fingerprint density at radius 3 is 2.70 bits per heavy atom. The summed E-state index contributed by atoms with van der Waals surface area (Å²) in [5.74, 6) is 1.44. The number of hydrogen-bond acceptors (Lipinski definition) is 5. The number of nitrogens with zero attached hydrogens (tertiary/aromatic N) is 2. The number of ether oxygens (including phenoxy) is 1. The molecule has 0 unspecified atom stereocenters. The number of nitrogens with one attached hydrogen (secondary N) is 1. The molecular weight excluding hydrogens is 274 g/mol. The summed E-state index contributed by atoms with van der Waals surface area (Å²) in [6.07, 6.45) is 1.07. The topological polar surface area (TPSA) is 64.1 Å². The molecule has 2 rings (SSSR count). The number of carbonyl (C=O) groups is 1. The summed E-state index contributed by atoms with van der Waals surface area (Å²) in [6.45, 7) is 4.34. The van der Waals surface area contributed by atoms with Crippen LogP contribution in [0.5, 0.6) is 5.75 Å². The highest BCUT2D eigenvalue weighted by atomic mass is 32.1. The van der Waals surface area contributed by atoms with Crippen molar-refractivity contribution in [3.05, 3.63) is 35.7 Å². The van der Waals surface area contributed by atoms with E-state index in [4.69, 9.17) is 4.74 Å². The van der Waals surface area contributed by atoms with Crippen LogP contribution in [-0.4, -0.2) is 21.9 Å². The first-order valence-corrected chi connectivity index (χ1v) is 7.20. The molecule has 0 aliphatic rings. The highest BCUT2D eigenvalue weighted by Crippen LogP contribution is 2.13. The highest BCUT2D eigenvalue weighted by Gasteiger charge is 2.06. The second-order valence-corrected chi connectivity index (χ2v) is 5.21. The number of aryl methyl sites for hydroxylation is 2. The molecule has 6 heteroatoms. The van der Waals surface area contributed by atoms with Gasteiger partial charge in [0.15, 0.2) is 0 Å². The number of benzene rings is 1. The van der Waals surface area contributed by atoms with Gasteiger partial charge in [-0.05, 0) is 32.4 Å². The molecule has 0 saturated heterocycles. The Morgan fingerprint density at radius 1 is 1.30 bits per heavy atom. The number of amides is 1. The quantitative estimate of drug-likeness (QED) is 0.831. The van der Waals surface area contributed by atoms with Crippen LogP contribution in [0.1, 0.15) is 24.2 Å². The summed E-state index contributed by atoms with van der Waals surface area (Å²) in [6, 6.07) is 7.86. The minimum Gasteiger partial charge on any atom is -0.494 e. The zero-order chi connectivity index (χ0) is 14.4. The van der Waals surface area contributed by atoms with Crippen molar-refractivity contribution in [3.8, 4) is 5.75 Å². The Bertz CT molecular complexity index is 566. The molecule has 20 heavy (non-hydrogen) atoms. The van der Waals surface area contributed by atoms with Gasteiger partial charge < -0.3 is 10.1 Å². The minimum atomic E-state index is -0.0614. The van der Waals surface area contributed by atoms with Gasteiger partial charge in [0.1, 0.15) is 11.6 Å². The number of rotatable bonds is 6. The summed E-state index contributed by atoms with van der Waals surface area (Å²) in [5, 5.41) is 3.27. The van der Waals surface area contributed by atoms with E-state index in [1.165, 1.54) is 17.1 Å². The molecule has 1 aromatic heterocycles. The SMILES string of the molecule is Cc1ccc(OCCCC(=O)Nc2nc(C)ns2)cc1. The molecule has 0 aliphatic heterocycles. The monoisotopic (exact) mass is 291 g/mol. The highest BCUT2D eigenvalue weighted by molar-refractivity contribution is 7.09. The maximum absolute atomic E-state index is 11.6. The Hall–Kier alpha value is -1.95. The predicted octanol–water partition coefficient (Wildman–Crippen LogP) is 2.95. The average Bonchev–Trinajstić information content (AvgIpc) is 2.82. The standard InChI is InChI=1S/C14H17N3O2S/c1-10-5-7-12(8-6-10)19-9-3-4-13(18)16-14-15-11(2)17-20-14/h5-8H,3-4,9H2,1-2H3,(H,15,16,17,18). The van der Waals surface area contributed by atoms with Gasteiger partial charge in [0.05, 0.1) is 6.61 Å². The maximum atomic E-state index is 11.6. The maximum Gasteiger partial charge on any atom is 0.226 e. The number of carbonyl (C=O) groups excluding carboxylic acids is 1. The third kappa shape index (κ3) is 4.62. The zero-order valence-corrected chi connectivity index (χ0v) is 12.4. The van der Waals surface area contributed by atoms with E-state index in [0.717, 1.165) is 5.75 Å². The fourth-order valence-electron chi connectivity index (χ4n) is 1.59. The first kappa shape index (κ1) is 14.5. The molecule has 0 spiro atoms. The normalized spacial score (nSPS) is 10.3. The van der Waals surface area contributed by atoms with Crippen LogP contribution in [0.3, 0.4) is 0 Å². The molecule has 5 nitrogen and oxygen atoms in total. The third-order valence-electron chi connectivity index (χ3n) is 2.61. The molecule has 1 amide bonds. The van der Waals surface area contributed by atoms with Crippen LogP contribution in [0, 0.1) is 13.8 Å². The van der Waals surface area contributed by atoms with Crippen molar-refractivity contribution in [1.82, 2.24) is 9.36 Å². The molecule has 0 radical (unpaired) electrons. The molecule has 106 valence electrons. The molecule has 0 aliphatic carbocycles. The largest absolute Gasteiger partial charge is 0.494 e. The summed E-state index contributed by atoms with van der Waals surface area (Å²) < 4.78 is 9.56. The molecule has 1 heterocycles. The lowest BCUT2D eigenvalue weighted by Crippen LogP contribution is -2.12. The molecular formula is C14H17N3O2S. The zero-order valence-electron chi connectivity index (χ0n) is 11.5. The van der Waals surface area contributed by atoms with Crippen LogP contribution in [0.2, 0.25) is 0 Å². The summed E-state index contributed by atoms with van der Waals surface area (Å²) in [5.41, 5.74) is 1.20. The van der Waals surface area contributed by atoms with Gasteiger partial charge in [-0.25, -0.2) is 4.98 Å². The van der Waals surface area contributed by atoms with Crippen molar-refractivity contribution in [2.75, 3.05) is 11.9 Å². The second kappa shape index (κ2) is 7.00.